The Bertz CT molecular complexity index is 1590. The third-order valence-corrected chi connectivity index (χ3v) is 8.10. The van der Waals surface area contributed by atoms with Gasteiger partial charge < -0.3 is 11.5 Å². The molecule has 6 N–H and O–H groups in total. The van der Waals surface area contributed by atoms with Gasteiger partial charge in [0.1, 0.15) is 0 Å². The number of anilines is 2. The van der Waals surface area contributed by atoms with E-state index in [1.54, 1.807) is 24.3 Å². The second kappa shape index (κ2) is 12.0. The summed E-state index contributed by atoms with van der Waals surface area (Å²) in [6.07, 6.45) is 6.40. The molecule has 1 aliphatic carbocycles. The molecule has 6 heteroatoms. The van der Waals surface area contributed by atoms with Gasteiger partial charge >= 0.3 is 0 Å². The van der Waals surface area contributed by atoms with E-state index in [2.05, 4.69) is 13.8 Å². The van der Waals surface area contributed by atoms with Gasteiger partial charge in [-0.1, -0.05) is 75.2 Å². The second-order valence-electron chi connectivity index (χ2n) is 10.9. The predicted octanol–water partition coefficient (Wildman–Crippen LogP) is 7.14. The lowest BCUT2D eigenvalue weighted by Gasteiger charge is -2.23. The molecule has 5 rings (SSSR count). The Hall–Kier alpha value is -4.84. The number of carbonyl (C=O) groups is 2. The van der Waals surface area contributed by atoms with E-state index in [-0.39, 0.29) is 45.1 Å². The average molecular weight is 557 g/mol. The SMILES string of the molecule is CCCCc1ccc(C(=N)c2ccc3c(c2N)C(=O)c2ccc(C(=N)c4ccc(CCCC)cc4)c(N)c2C3=O)cc1. The molecule has 4 aromatic carbocycles. The molecule has 0 unspecified atom stereocenters. The Morgan fingerprint density at radius 2 is 0.929 bits per heavy atom. The third-order valence-electron chi connectivity index (χ3n) is 8.10. The van der Waals surface area contributed by atoms with Gasteiger partial charge in [0.2, 0.25) is 0 Å². The van der Waals surface area contributed by atoms with E-state index >= 15 is 0 Å². The minimum absolute atomic E-state index is 0.0965. The zero-order valence-electron chi connectivity index (χ0n) is 24.1. The molecule has 0 amide bonds. The molecule has 0 fully saturated rings. The van der Waals surface area contributed by atoms with Crippen molar-refractivity contribution in [3.63, 3.8) is 0 Å². The average Bonchev–Trinajstić information content (AvgIpc) is 3.01. The molecule has 0 bridgehead atoms. The fourth-order valence-corrected chi connectivity index (χ4v) is 5.56. The maximum atomic E-state index is 13.7. The van der Waals surface area contributed by atoms with Crippen LogP contribution in [0.1, 0.15) is 105 Å². The Balaban J connectivity index is 1.46. The van der Waals surface area contributed by atoms with Crippen LogP contribution in [0, 0.1) is 10.8 Å². The topological polar surface area (TPSA) is 134 Å². The van der Waals surface area contributed by atoms with Gasteiger partial charge in [-0.05, 0) is 61.1 Å². The highest BCUT2D eigenvalue weighted by Gasteiger charge is 2.35. The summed E-state index contributed by atoms with van der Waals surface area (Å²) in [6.45, 7) is 4.31. The van der Waals surface area contributed by atoms with Crippen molar-refractivity contribution in [3.05, 3.63) is 128 Å². The first-order chi connectivity index (χ1) is 20.3. The van der Waals surface area contributed by atoms with Crippen LogP contribution in [0.15, 0.2) is 72.8 Å². The second-order valence-corrected chi connectivity index (χ2v) is 10.9. The molecule has 0 saturated carbocycles. The van der Waals surface area contributed by atoms with Crippen LogP contribution in [-0.2, 0) is 12.8 Å². The van der Waals surface area contributed by atoms with Crippen LogP contribution in [0.3, 0.4) is 0 Å². The van der Waals surface area contributed by atoms with Crippen LogP contribution >= 0.6 is 0 Å². The van der Waals surface area contributed by atoms with E-state index in [4.69, 9.17) is 22.3 Å². The summed E-state index contributed by atoms with van der Waals surface area (Å²) in [7, 11) is 0. The summed E-state index contributed by atoms with van der Waals surface area (Å²) in [5.74, 6) is -0.821. The van der Waals surface area contributed by atoms with E-state index in [0.29, 0.717) is 22.3 Å². The van der Waals surface area contributed by atoms with Gasteiger partial charge in [0.05, 0.1) is 33.9 Å². The van der Waals surface area contributed by atoms with Gasteiger partial charge in [0.25, 0.3) is 0 Å². The number of nitrogens with one attached hydrogen (secondary N) is 2. The summed E-state index contributed by atoms with van der Waals surface area (Å²) >= 11 is 0. The zero-order valence-corrected chi connectivity index (χ0v) is 24.1. The largest absolute Gasteiger partial charge is 0.398 e. The molecule has 0 saturated heterocycles. The van der Waals surface area contributed by atoms with E-state index in [0.717, 1.165) is 38.5 Å². The van der Waals surface area contributed by atoms with E-state index in [1.165, 1.54) is 11.1 Å². The van der Waals surface area contributed by atoms with Crippen molar-refractivity contribution >= 4 is 34.4 Å². The van der Waals surface area contributed by atoms with Crippen molar-refractivity contribution < 1.29 is 9.59 Å². The molecule has 212 valence electrons. The number of benzene rings is 4. The number of nitrogen functional groups attached to an aromatic ring is 2. The minimum Gasteiger partial charge on any atom is -0.398 e. The molecule has 42 heavy (non-hydrogen) atoms. The van der Waals surface area contributed by atoms with Gasteiger partial charge in [0.15, 0.2) is 11.6 Å². The first kappa shape index (κ1) is 28.7. The fraction of sp³-hybridized carbons (Fsp3) is 0.222. The summed E-state index contributed by atoms with van der Waals surface area (Å²) in [4.78, 5) is 27.5. The Morgan fingerprint density at radius 3 is 1.26 bits per heavy atom. The van der Waals surface area contributed by atoms with Crippen molar-refractivity contribution in [2.75, 3.05) is 11.5 Å². The number of hydrogen-bond acceptors (Lipinski definition) is 6. The van der Waals surface area contributed by atoms with Crippen LogP contribution in [0.2, 0.25) is 0 Å². The highest BCUT2D eigenvalue weighted by Crippen LogP contribution is 2.37. The molecule has 0 spiro atoms. The highest BCUT2D eigenvalue weighted by atomic mass is 16.1. The Morgan fingerprint density at radius 1 is 0.571 bits per heavy atom. The predicted molar refractivity (Wildman–Crippen MR) is 171 cm³/mol. The summed E-state index contributed by atoms with van der Waals surface area (Å²) in [5, 5.41) is 17.6. The van der Waals surface area contributed by atoms with E-state index in [1.807, 2.05) is 48.5 Å². The summed E-state index contributed by atoms with van der Waals surface area (Å²) in [5.41, 5.74) is 18.7. The Kier molecular flexibility index (Phi) is 8.16. The van der Waals surface area contributed by atoms with Crippen LogP contribution in [0.25, 0.3) is 0 Å². The molecule has 0 radical (unpaired) electrons. The van der Waals surface area contributed by atoms with Crippen LogP contribution < -0.4 is 11.5 Å². The van der Waals surface area contributed by atoms with Crippen LogP contribution in [0.5, 0.6) is 0 Å². The first-order valence-corrected chi connectivity index (χ1v) is 14.6. The summed E-state index contributed by atoms with van der Waals surface area (Å²) in [6, 6.07) is 22.0. The van der Waals surface area contributed by atoms with E-state index < -0.39 is 11.6 Å². The number of ketones is 2. The normalized spacial score (nSPS) is 12.1. The maximum absolute atomic E-state index is 13.7. The fourth-order valence-electron chi connectivity index (χ4n) is 5.56. The minimum atomic E-state index is -0.410. The van der Waals surface area contributed by atoms with Crippen LogP contribution in [-0.4, -0.2) is 23.0 Å². The molecule has 4 aromatic rings. The molecular weight excluding hydrogens is 520 g/mol. The monoisotopic (exact) mass is 556 g/mol. The number of hydrogen-bond donors (Lipinski definition) is 4. The smallest absolute Gasteiger partial charge is 0.196 e. The van der Waals surface area contributed by atoms with Crippen molar-refractivity contribution in [1.82, 2.24) is 0 Å². The summed E-state index contributed by atoms with van der Waals surface area (Å²) < 4.78 is 0. The highest BCUT2D eigenvalue weighted by molar-refractivity contribution is 6.34. The van der Waals surface area contributed by atoms with Crippen LogP contribution in [0.4, 0.5) is 11.4 Å². The third kappa shape index (κ3) is 5.16. The van der Waals surface area contributed by atoms with Gasteiger partial charge in [-0.3, -0.25) is 20.4 Å². The maximum Gasteiger partial charge on any atom is 0.196 e. The molecule has 0 aromatic heterocycles. The molecule has 0 heterocycles. The van der Waals surface area contributed by atoms with Gasteiger partial charge in [-0.15, -0.1) is 0 Å². The molecule has 0 atom stereocenters. The Labute approximate surface area is 246 Å². The number of rotatable bonds is 10. The standard InChI is InChI=1S/C36H36N4O2/c1-3-5-7-21-9-13-23(14-10-21)31(37)27-19-17-25-29(33(27)39)35(41)26-18-20-28(34(40)30(26)36(25)42)32(38)24-15-11-22(12-16-24)8-6-4-2/h9-20,37-38H,3-8,39-40H2,1-2H3. The van der Waals surface area contributed by atoms with E-state index in [9.17, 15) is 9.59 Å². The van der Waals surface area contributed by atoms with Gasteiger partial charge in [0, 0.05) is 33.4 Å². The van der Waals surface area contributed by atoms with Crippen molar-refractivity contribution in [2.24, 2.45) is 0 Å². The first-order valence-electron chi connectivity index (χ1n) is 14.6. The molecule has 6 nitrogen and oxygen atoms in total. The van der Waals surface area contributed by atoms with Crippen molar-refractivity contribution in [2.45, 2.75) is 52.4 Å². The van der Waals surface area contributed by atoms with Crippen molar-refractivity contribution in [3.8, 4) is 0 Å². The lowest BCUT2D eigenvalue weighted by molar-refractivity contribution is 0.0980. The zero-order chi connectivity index (χ0) is 30.0. The lowest BCUT2D eigenvalue weighted by atomic mass is 9.79. The van der Waals surface area contributed by atoms with Gasteiger partial charge in [-0.2, -0.15) is 0 Å². The number of aryl methyl sites for hydroxylation is 2. The number of fused-ring (bicyclic) bond motifs is 2. The number of carbonyl (C=O) groups excluding carboxylic acids is 2. The molecule has 1 aliphatic rings. The lowest BCUT2D eigenvalue weighted by Crippen LogP contribution is -2.26. The van der Waals surface area contributed by atoms with Gasteiger partial charge in [-0.25, -0.2) is 0 Å². The molecular formula is C36H36N4O2. The number of nitrogens with two attached hydrogens (primary N) is 2. The number of unbranched alkanes of at least 4 members (excludes halogenated alkanes) is 2. The van der Waals surface area contributed by atoms with Crippen molar-refractivity contribution in [1.29, 1.82) is 10.8 Å². The quantitative estimate of drug-likeness (QED) is 0.107. The molecule has 0 aliphatic heterocycles.